The number of amides is 2. The Kier molecular flexibility index (Phi) is 6.21. The molecule has 22 heavy (non-hydrogen) atoms. The molecule has 1 aliphatic carbocycles. The first-order chi connectivity index (χ1) is 10.6. The van der Waals surface area contributed by atoms with Crippen molar-refractivity contribution in [2.75, 3.05) is 20.2 Å². The Morgan fingerprint density at radius 2 is 1.91 bits per heavy atom. The van der Waals surface area contributed by atoms with E-state index in [0.29, 0.717) is 19.0 Å². The molecule has 1 N–H and O–H groups in total. The first-order valence-electron chi connectivity index (χ1n) is 8.26. The molecule has 0 aromatic carbocycles. The minimum absolute atomic E-state index is 0.0972. The Labute approximate surface area is 131 Å². The number of hydrogen-bond donors (Lipinski definition) is 1. The van der Waals surface area contributed by atoms with Gasteiger partial charge in [-0.2, -0.15) is 0 Å². The molecule has 0 aromatic rings. The lowest BCUT2D eigenvalue weighted by molar-refractivity contribution is -0.140. The van der Waals surface area contributed by atoms with Gasteiger partial charge in [-0.05, 0) is 12.8 Å². The molecule has 1 aliphatic heterocycles. The molecule has 0 unspecified atom stereocenters. The van der Waals surface area contributed by atoms with Crippen molar-refractivity contribution in [1.29, 1.82) is 0 Å². The fourth-order valence-corrected chi connectivity index (χ4v) is 3.36. The number of esters is 1. The van der Waals surface area contributed by atoms with Crippen LogP contribution in [0.25, 0.3) is 0 Å². The summed E-state index contributed by atoms with van der Waals surface area (Å²) in [5, 5.41) is 2.73. The number of nitrogens with zero attached hydrogens (tertiary/aromatic N) is 1. The van der Waals surface area contributed by atoms with Gasteiger partial charge in [-0.25, -0.2) is 0 Å². The summed E-state index contributed by atoms with van der Waals surface area (Å²) in [6, 6.07) is 0.308. The van der Waals surface area contributed by atoms with Crippen LogP contribution in [0, 0.1) is 5.92 Å². The van der Waals surface area contributed by atoms with Crippen molar-refractivity contribution < 1.29 is 19.1 Å². The van der Waals surface area contributed by atoms with E-state index in [0.717, 1.165) is 12.8 Å². The van der Waals surface area contributed by atoms with E-state index in [1.807, 2.05) is 4.90 Å². The van der Waals surface area contributed by atoms with Crippen molar-refractivity contribution >= 4 is 17.8 Å². The second kappa shape index (κ2) is 8.15. The van der Waals surface area contributed by atoms with Gasteiger partial charge in [0.25, 0.3) is 0 Å². The number of likely N-dealkylation sites (tertiary alicyclic amines) is 1. The number of ether oxygens (including phenoxy) is 1. The zero-order valence-electron chi connectivity index (χ0n) is 13.3. The highest BCUT2D eigenvalue weighted by molar-refractivity contribution is 5.89. The number of nitrogens with one attached hydrogen (secondary N) is 1. The normalized spacial score (nSPS) is 23.2. The van der Waals surface area contributed by atoms with Crippen LogP contribution in [0.5, 0.6) is 0 Å². The topological polar surface area (TPSA) is 75.7 Å². The molecule has 2 aliphatic rings. The van der Waals surface area contributed by atoms with E-state index in [9.17, 15) is 14.4 Å². The van der Waals surface area contributed by atoms with Gasteiger partial charge in [-0.1, -0.05) is 25.7 Å². The SMILES string of the molecule is COC(=O)CCNC(=O)[C@H]1CC(=O)N(C2CCCCCC2)C1. The van der Waals surface area contributed by atoms with E-state index < -0.39 is 0 Å². The van der Waals surface area contributed by atoms with E-state index in [2.05, 4.69) is 10.1 Å². The summed E-state index contributed by atoms with van der Waals surface area (Å²) in [4.78, 5) is 37.3. The molecule has 0 spiro atoms. The maximum atomic E-state index is 12.2. The first-order valence-corrected chi connectivity index (χ1v) is 8.26. The summed E-state index contributed by atoms with van der Waals surface area (Å²) in [6.07, 6.45) is 7.40. The Bertz CT molecular complexity index is 416. The van der Waals surface area contributed by atoms with Gasteiger partial charge in [0, 0.05) is 25.6 Å². The van der Waals surface area contributed by atoms with Crippen LogP contribution in [0.2, 0.25) is 0 Å². The van der Waals surface area contributed by atoms with E-state index in [4.69, 9.17) is 0 Å². The molecule has 6 nitrogen and oxygen atoms in total. The van der Waals surface area contributed by atoms with Crippen LogP contribution in [-0.4, -0.2) is 48.9 Å². The first kappa shape index (κ1) is 16.8. The predicted molar refractivity (Wildman–Crippen MR) is 81.0 cm³/mol. The van der Waals surface area contributed by atoms with Crippen molar-refractivity contribution in [1.82, 2.24) is 10.2 Å². The zero-order chi connectivity index (χ0) is 15.9. The molecule has 1 heterocycles. The lowest BCUT2D eigenvalue weighted by Crippen LogP contribution is -2.38. The third-order valence-corrected chi connectivity index (χ3v) is 4.65. The third-order valence-electron chi connectivity index (χ3n) is 4.65. The van der Waals surface area contributed by atoms with E-state index in [-0.39, 0.29) is 36.7 Å². The molecule has 2 fully saturated rings. The minimum Gasteiger partial charge on any atom is -0.469 e. The summed E-state index contributed by atoms with van der Waals surface area (Å²) in [6.45, 7) is 0.785. The lowest BCUT2D eigenvalue weighted by atomic mass is 10.1. The highest BCUT2D eigenvalue weighted by Crippen LogP contribution is 2.28. The molecule has 6 heteroatoms. The molecule has 1 saturated carbocycles. The Hall–Kier alpha value is -1.59. The van der Waals surface area contributed by atoms with Crippen molar-refractivity contribution in [3.63, 3.8) is 0 Å². The monoisotopic (exact) mass is 310 g/mol. The van der Waals surface area contributed by atoms with Crippen molar-refractivity contribution in [2.24, 2.45) is 5.92 Å². The minimum atomic E-state index is -0.345. The van der Waals surface area contributed by atoms with E-state index >= 15 is 0 Å². The van der Waals surface area contributed by atoms with Gasteiger partial charge in [-0.3, -0.25) is 14.4 Å². The number of carbonyl (C=O) groups excluding carboxylic acids is 3. The van der Waals surface area contributed by atoms with E-state index in [1.165, 1.54) is 32.8 Å². The molecular formula is C16H26N2O4. The summed E-state index contributed by atoms with van der Waals surface area (Å²) in [5.74, 6) is -0.662. The Morgan fingerprint density at radius 3 is 2.55 bits per heavy atom. The maximum absolute atomic E-state index is 12.2. The van der Waals surface area contributed by atoms with Crippen molar-refractivity contribution in [3.8, 4) is 0 Å². The van der Waals surface area contributed by atoms with Gasteiger partial charge in [0.1, 0.15) is 0 Å². The van der Waals surface area contributed by atoms with Gasteiger partial charge in [0.05, 0.1) is 19.4 Å². The third kappa shape index (κ3) is 4.45. The van der Waals surface area contributed by atoms with Gasteiger partial charge >= 0.3 is 5.97 Å². The molecule has 2 amide bonds. The fourth-order valence-electron chi connectivity index (χ4n) is 3.36. The zero-order valence-corrected chi connectivity index (χ0v) is 13.3. The average molecular weight is 310 g/mol. The molecule has 0 aromatic heterocycles. The summed E-state index contributed by atoms with van der Waals surface area (Å²) in [5.41, 5.74) is 0. The van der Waals surface area contributed by atoms with Crippen LogP contribution in [0.4, 0.5) is 0 Å². The number of hydrogen-bond acceptors (Lipinski definition) is 4. The van der Waals surface area contributed by atoms with Gasteiger partial charge in [-0.15, -0.1) is 0 Å². The van der Waals surface area contributed by atoms with E-state index in [1.54, 1.807) is 0 Å². The number of methoxy groups -OCH3 is 1. The standard InChI is InChI=1S/C16H26N2O4/c1-22-15(20)8-9-17-16(21)12-10-14(19)18(11-12)13-6-4-2-3-5-7-13/h12-13H,2-11H2,1H3,(H,17,21)/t12-/m0/s1. The predicted octanol–water partition coefficient (Wildman–Crippen LogP) is 1.24. The summed E-state index contributed by atoms with van der Waals surface area (Å²) >= 11 is 0. The maximum Gasteiger partial charge on any atom is 0.307 e. The van der Waals surface area contributed by atoms with Crippen LogP contribution in [0.15, 0.2) is 0 Å². The highest BCUT2D eigenvalue weighted by atomic mass is 16.5. The number of carbonyl (C=O) groups is 3. The summed E-state index contributed by atoms with van der Waals surface area (Å²) < 4.78 is 4.53. The van der Waals surface area contributed by atoms with Gasteiger partial charge in [0.2, 0.25) is 11.8 Å². The summed E-state index contributed by atoms with van der Waals surface area (Å²) in [7, 11) is 1.32. The van der Waals surface area contributed by atoms with Crippen LogP contribution in [-0.2, 0) is 19.1 Å². The Morgan fingerprint density at radius 1 is 1.23 bits per heavy atom. The lowest BCUT2D eigenvalue weighted by Gasteiger charge is -2.27. The van der Waals surface area contributed by atoms with Crippen molar-refractivity contribution in [2.45, 2.75) is 57.4 Å². The molecule has 0 bridgehead atoms. The van der Waals surface area contributed by atoms with Crippen molar-refractivity contribution in [3.05, 3.63) is 0 Å². The molecular weight excluding hydrogens is 284 g/mol. The van der Waals surface area contributed by atoms with Crippen LogP contribution >= 0.6 is 0 Å². The smallest absolute Gasteiger partial charge is 0.307 e. The quantitative estimate of drug-likeness (QED) is 0.612. The second-order valence-corrected chi connectivity index (χ2v) is 6.21. The highest BCUT2D eigenvalue weighted by Gasteiger charge is 2.37. The van der Waals surface area contributed by atoms with Crippen LogP contribution < -0.4 is 5.32 Å². The van der Waals surface area contributed by atoms with Gasteiger partial charge < -0.3 is 15.0 Å². The van der Waals surface area contributed by atoms with Gasteiger partial charge in [0.15, 0.2) is 0 Å². The molecule has 1 saturated heterocycles. The molecule has 124 valence electrons. The largest absolute Gasteiger partial charge is 0.469 e. The molecule has 1 atom stereocenters. The molecule has 2 rings (SSSR count). The van der Waals surface area contributed by atoms with Crippen LogP contribution in [0.3, 0.4) is 0 Å². The fraction of sp³-hybridized carbons (Fsp3) is 0.812. The molecule has 0 radical (unpaired) electrons. The van der Waals surface area contributed by atoms with Crippen LogP contribution in [0.1, 0.15) is 51.4 Å². The average Bonchev–Trinajstić information content (AvgIpc) is 2.73. The second-order valence-electron chi connectivity index (χ2n) is 6.21. The Balaban J connectivity index is 1.80. The number of rotatable bonds is 5.